The number of rotatable bonds is 3. The van der Waals surface area contributed by atoms with E-state index in [1.54, 1.807) is 6.92 Å². The summed E-state index contributed by atoms with van der Waals surface area (Å²) in [7, 11) is 0. The molecule has 1 fully saturated rings. The minimum atomic E-state index is 0.123. The molecule has 0 spiro atoms. The van der Waals surface area contributed by atoms with Gasteiger partial charge in [-0.25, -0.2) is 4.98 Å². The minimum Gasteiger partial charge on any atom is -0.336 e. The molecule has 0 N–H and O–H groups in total. The number of aryl methyl sites for hydroxylation is 1. The van der Waals surface area contributed by atoms with Gasteiger partial charge in [-0.2, -0.15) is 0 Å². The summed E-state index contributed by atoms with van der Waals surface area (Å²) in [6.45, 7) is 4.27. The average Bonchev–Trinajstić information content (AvgIpc) is 2.53. The molecule has 122 valence electrons. The standard InChI is InChI=1S/C19H23ClN2O/c1-13-8-9-18-15(10-13)11-16(19(20)21-18)12-22(14(2)23)17-6-4-3-5-7-17/h8-11,17H,3-7,12H2,1-2H3. The molecule has 3 rings (SSSR count). The maximum Gasteiger partial charge on any atom is 0.219 e. The molecule has 23 heavy (non-hydrogen) atoms. The quantitative estimate of drug-likeness (QED) is 0.751. The summed E-state index contributed by atoms with van der Waals surface area (Å²) in [5.74, 6) is 0.123. The molecule has 4 heteroatoms. The highest BCUT2D eigenvalue weighted by Crippen LogP contribution is 2.27. The zero-order chi connectivity index (χ0) is 16.4. The van der Waals surface area contributed by atoms with Crippen LogP contribution in [0.4, 0.5) is 0 Å². The van der Waals surface area contributed by atoms with Crippen molar-refractivity contribution in [2.75, 3.05) is 0 Å². The summed E-state index contributed by atoms with van der Waals surface area (Å²) < 4.78 is 0. The summed E-state index contributed by atoms with van der Waals surface area (Å²) in [4.78, 5) is 18.6. The number of aromatic nitrogens is 1. The van der Waals surface area contributed by atoms with Crippen molar-refractivity contribution in [1.82, 2.24) is 9.88 Å². The van der Waals surface area contributed by atoms with Crippen molar-refractivity contribution >= 4 is 28.4 Å². The lowest BCUT2D eigenvalue weighted by molar-refractivity contribution is -0.132. The molecule has 1 saturated carbocycles. The Bertz CT molecular complexity index is 723. The summed E-state index contributed by atoms with van der Waals surface area (Å²) in [5, 5.41) is 1.58. The molecule has 0 bridgehead atoms. The van der Waals surface area contributed by atoms with E-state index in [0.29, 0.717) is 17.7 Å². The van der Waals surface area contributed by atoms with Gasteiger partial charge in [-0.1, -0.05) is 42.5 Å². The number of halogens is 1. The summed E-state index contributed by atoms with van der Waals surface area (Å²) in [6.07, 6.45) is 5.88. The zero-order valence-electron chi connectivity index (χ0n) is 13.8. The van der Waals surface area contributed by atoms with E-state index in [9.17, 15) is 4.79 Å². The topological polar surface area (TPSA) is 33.2 Å². The highest BCUT2D eigenvalue weighted by Gasteiger charge is 2.24. The van der Waals surface area contributed by atoms with Crippen molar-refractivity contribution in [3.8, 4) is 0 Å². The molecular weight excluding hydrogens is 308 g/mol. The molecule has 2 aromatic rings. The number of benzene rings is 1. The zero-order valence-corrected chi connectivity index (χ0v) is 14.6. The van der Waals surface area contributed by atoms with Crippen LogP contribution in [0.1, 0.15) is 50.2 Å². The van der Waals surface area contributed by atoms with Gasteiger partial charge in [-0.05, 0) is 38.0 Å². The molecule has 1 amide bonds. The van der Waals surface area contributed by atoms with Crippen molar-refractivity contribution in [3.63, 3.8) is 0 Å². The lowest BCUT2D eigenvalue weighted by Crippen LogP contribution is -2.39. The van der Waals surface area contributed by atoms with Gasteiger partial charge in [0.05, 0.1) is 5.52 Å². The van der Waals surface area contributed by atoms with Crippen LogP contribution >= 0.6 is 11.6 Å². The van der Waals surface area contributed by atoms with Crippen LogP contribution in [0.15, 0.2) is 24.3 Å². The SMILES string of the molecule is CC(=O)N(Cc1cc2cc(C)ccc2nc1Cl)C1CCCCC1. The first-order valence-electron chi connectivity index (χ1n) is 8.37. The Labute approximate surface area is 142 Å². The fourth-order valence-corrected chi connectivity index (χ4v) is 3.71. The number of hydrogen-bond donors (Lipinski definition) is 0. The Kier molecular flexibility index (Phi) is 4.86. The minimum absolute atomic E-state index is 0.123. The number of pyridine rings is 1. The van der Waals surface area contributed by atoms with Crippen LogP contribution in [0.5, 0.6) is 0 Å². The molecule has 0 saturated heterocycles. The number of carbonyl (C=O) groups is 1. The third kappa shape index (κ3) is 3.66. The van der Waals surface area contributed by atoms with Crippen molar-refractivity contribution in [2.45, 2.75) is 58.5 Å². The number of fused-ring (bicyclic) bond motifs is 1. The monoisotopic (exact) mass is 330 g/mol. The molecule has 0 radical (unpaired) electrons. The van der Waals surface area contributed by atoms with Crippen LogP contribution < -0.4 is 0 Å². The van der Waals surface area contributed by atoms with Gasteiger partial charge >= 0.3 is 0 Å². The second-order valence-corrected chi connectivity index (χ2v) is 6.93. The second kappa shape index (κ2) is 6.88. The average molecular weight is 331 g/mol. The molecule has 1 aliphatic carbocycles. The number of amides is 1. The van der Waals surface area contributed by atoms with Crippen LogP contribution in [0.2, 0.25) is 5.15 Å². The van der Waals surface area contributed by atoms with Crippen LogP contribution in [0, 0.1) is 6.92 Å². The fourth-order valence-electron chi connectivity index (χ4n) is 3.50. The Hall–Kier alpha value is -1.61. The third-order valence-electron chi connectivity index (χ3n) is 4.76. The van der Waals surface area contributed by atoms with E-state index in [-0.39, 0.29) is 5.91 Å². The molecule has 1 aromatic heterocycles. The van der Waals surface area contributed by atoms with Gasteiger partial charge in [0, 0.05) is 30.5 Å². The smallest absolute Gasteiger partial charge is 0.219 e. The Morgan fingerprint density at radius 2 is 2.00 bits per heavy atom. The second-order valence-electron chi connectivity index (χ2n) is 6.57. The maximum atomic E-state index is 12.1. The normalized spacial score (nSPS) is 15.8. The number of hydrogen-bond acceptors (Lipinski definition) is 2. The van der Waals surface area contributed by atoms with E-state index in [0.717, 1.165) is 29.3 Å². The molecule has 3 nitrogen and oxygen atoms in total. The van der Waals surface area contributed by atoms with E-state index in [4.69, 9.17) is 11.6 Å². The Morgan fingerprint density at radius 1 is 1.26 bits per heavy atom. The van der Waals surface area contributed by atoms with E-state index >= 15 is 0 Å². The molecule has 0 atom stereocenters. The third-order valence-corrected chi connectivity index (χ3v) is 5.08. The van der Waals surface area contributed by atoms with Crippen LogP contribution in [0.25, 0.3) is 10.9 Å². The van der Waals surface area contributed by atoms with Crippen LogP contribution in [-0.2, 0) is 11.3 Å². The van der Waals surface area contributed by atoms with Gasteiger partial charge in [0.2, 0.25) is 5.91 Å². The van der Waals surface area contributed by atoms with Gasteiger partial charge in [0.15, 0.2) is 0 Å². The van der Waals surface area contributed by atoms with E-state index in [2.05, 4.69) is 24.0 Å². The van der Waals surface area contributed by atoms with Crippen molar-refractivity contribution in [2.24, 2.45) is 0 Å². The van der Waals surface area contributed by atoms with Gasteiger partial charge < -0.3 is 4.90 Å². The molecule has 0 aliphatic heterocycles. The summed E-state index contributed by atoms with van der Waals surface area (Å²) in [6, 6.07) is 8.56. The van der Waals surface area contributed by atoms with Crippen molar-refractivity contribution in [1.29, 1.82) is 0 Å². The lowest BCUT2D eigenvalue weighted by atomic mass is 9.94. The first kappa shape index (κ1) is 16.3. The van der Waals surface area contributed by atoms with E-state index < -0.39 is 0 Å². The fraction of sp³-hybridized carbons (Fsp3) is 0.474. The number of carbonyl (C=O) groups excluding carboxylic acids is 1. The molecule has 1 aliphatic rings. The van der Waals surface area contributed by atoms with Gasteiger partial charge in [0.25, 0.3) is 0 Å². The highest BCUT2D eigenvalue weighted by molar-refractivity contribution is 6.30. The highest BCUT2D eigenvalue weighted by atomic mass is 35.5. The first-order chi connectivity index (χ1) is 11.0. The molecule has 1 heterocycles. The van der Waals surface area contributed by atoms with Crippen molar-refractivity contribution in [3.05, 3.63) is 40.5 Å². The molecular formula is C19H23ClN2O. The van der Waals surface area contributed by atoms with Gasteiger partial charge in [0.1, 0.15) is 5.15 Å². The predicted molar refractivity (Wildman–Crippen MR) is 94.6 cm³/mol. The summed E-state index contributed by atoms with van der Waals surface area (Å²) in [5.41, 5.74) is 3.03. The van der Waals surface area contributed by atoms with Gasteiger partial charge in [-0.3, -0.25) is 4.79 Å². The van der Waals surface area contributed by atoms with Crippen LogP contribution in [-0.4, -0.2) is 21.8 Å². The van der Waals surface area contributed by atoms with Crippen LogP contribution in [0.3, 0.4) is 0 Å². The predicted octanol–water partition coefficient (Wildman–Crippen LogP) is 4.88. The summed E-state index contributed by atoms with van der Waals surface area (Å²) >= 11 is 6.38. The van der Waals surface area contributed by atoms with Crippen molar-refractivity contribution < 1.29 is 4.79 Å². The largest absolute Gasteiger partial charge is 0.336 e. The van der Waals surface area contributed by atoms with Gasteiger partial charge in [-0.15, -0.1) is 0 Å². The molecule has 1 aromatic carbocycles. The van der Waals surface area contributed by atoms with E-state index in [1.165, 1.54) is 24.8 Å². The Morgan fingerprint density at radius 3 is 2.70 bits per heavy atom. The lowest BCUT2D eigenvalue weighted by Gasteiger charge is -2.34. The Balaban J connectivity index is 1.91. The molecule has 0 unspecified atom stereocenters. The first-order valence-corrected chi connectivity index (χ1v) is 8.75. The number of nitrogens with zero attached hydrogens (tertiary/aromatic N) is 2. The van der Waals surface area contributed by atoms with E-state index in [1.807, 2.05) is 17.0 Å². The maximum absolute atomic E-state index is 12.1.